The van der Waals surface area contributed by atoms with Gasteiger partial charge < -0.3 is 17.5 Å². The fourth-order valence-electron chi connectivity index (χ4n) is 0. The van der Waals surface area contributed by atoms with Gasteiger partial charge in [-0.15, -0.1) is 0 Å². The molecule has 40 valence electrons. The molecular formula is CH4AuN2OP. The summed E-state index contributed by atoms with van der Waals surface area (Å²) < 4.78 is 8.06. The second kappa shape index (κ2) is 57.5. The second-order valence-electron chi connectivity index (χ2n) is 0.144. The van der Waals surface area contributed by atoms with Crippen molar-refractivity contribution in [1.29, 1.82) is 5.41 Å². The molecule has 6 heavy (non-hydrogen) atoms. The molecule has 0 amide bonds. The number of hydrogen-bond donors (Lipinski definition) is 2. The van der Waals surface area contributed by atoms with Gasteiger partial charge in [-0.25, -0.2) is 0 Å². The standard InChI is InChI=1S/CH3N2.Au.HOP/c2-1-3;;1-2/h(H3,2,3);;2H/q-1;+1;. The molecule has 0 aliphatic rings. The van der Waals surface area contributed by atoms with E-state index in [2.05, 4.69) is 5.73 Å². The van der Waals surface area contributed by atoms with Crippen molar-refractivity contribution >= 4 is 15.5 Å². The van der Waals surface area contributed by atoms with Crippen LogP contribution in [0.25, 0.3) is 0 Å². The summed E-state index contributed by atoms with van der Waals surface area (Å²) in [6.45, 7) is 0. The minimum atomic E-state index is 0. The quantitative estimate of drug-likeness (QED) is 0.163. The molecule has 3 N–H and O–H groups in total. The van der Waals surface area contributed by atoms with Crippen molar-refractivity contribution < 1.29 is 26.9 Å². The summed E-state index contributed by atoms with van der Waals surface area (Å²) in [6, 6.07) is 0. The molecule has 0 unspecified atom stereocenters. The first-order valence-electron chi connectivity index (χ1n) is 0.743. The molecular weight excluding hydrogens is 284 g/mol. The smallest absolute Gasteiger partial charge is 0.563 e. The largest absolute Gasteiger partial charge is 1.00 e. The third-order valence-electron chi connectivity index (χ3n) is 0. The Morgan fingerprint density at radius 1 is 1.67 bits per heavy atom. The van der Waals surface area contributed by atoms with Gasteiger partial charge in [0.25, 0.3) is 0 Å². The van der Waals surface area contributed by atoms with Gasteiger partial charge in [-0.1, -0.05) is 0 Å². The van der Waals surface area contributed by atoms with Crippen molar-refractivity contribution in [1.82, 2.24) is 0 Å². The molecule has 0 aliphatic carbocycles. The van der Waals surface area contributed by atoms with Gasteiger partial charge >= 0.3 is 22.4 Å². The molecule has 5 heteroatoms. The molecule has 0 aromatic rings. The van der Waals surface area contributed by atoms with Gasteiger partial charge in [-0.2, -0.15) is 0 Å². The van der Waals surface area contributed by atoms with Crippen molar-refractivity contribution in [2.24, 2.45) is 5.73 Å². The molecule has 0 rings (SSSR count). The summed E-state index contributed by atoms with van der Waals surface area (Å²) in [5.41, 5.74) is 4.26. The van der Waals surface area contributed by atoms with E-state index in [9.17, 15) is 0 Å². The summed E-state index contributed by atoms with van der Waals surface area (Å²) in [5, 5.41) is 5.74. The summed E-state index contributed by atoms with van der Waals surface area (Å²) in [4.78, 5) is 0. The van der Waals surface area contributed by atoms with Crippen LogP contribution in [0.2, 0.25) is 0 Å². The maximum atomic E-state index is 8.06. The molecule has 0 fully saturated rings. The van der Waals surface area contributed by atoms with E-state index in [0.29, 0.717) is 0 Å². The summed E-state index contributed by atoms with van der Waals surface area (Å²) in [6.07, 6.45) is 1.50. The molecule has 0 bridgehead atoms. The van der Waals surface area contributed by atoms with Crippen molar-refractivity contribution in [2.45, 2.75) is 0 Å². The molecule has 0 heterocycles. The predicted molar refractivity (Wildman–Crippen MR) is 20.9 cm³/mol. The van der Waals surface area contributed by atoms with Crippen LogP contribution >= 0.6 is 9.12 Å². The Hall–Kier alpha value is 0.310. The van der Waals surface area contributed by atoms with E-state index in [1.165, 1.54) is 6.34 Å². The van der Waals surface area contributed by atoms with E-state index in [1.807, 2.05) is 0 Å². The van der Waals surface area contributed by atoms with Gasteiger partial charge in [-0.3, -0.25) is 4.57 Å². The van der Waals surface area contributed by atoms with E-state index < -0.39 is 0 Å². The predicted octanol–water partition coefficient (Wildman–Crippen LogP) is -0.0986. The summed E-state index contributed by atoms with van der Waals surface area (Å²) in [7, 11) is 1.72. The zero-order valence-corrected chi connectivity index (χ0v) is 5.95. The molecule has 0 spiro atoms. The molecule has 0 aromatic heterocycles. The first-order valence-corrected chi connectivity index (χ1v) is 1.15. The van der Waals surface area contributed by atoms with Crippen LogP contribution in [0.4, 0.5) is 0 Å². The molecule has 0 saturated carbocycles. The van der Waals surface area contributed by atoms with Crippen molar-refractivity contribution in [3.8, 4) is 0 Å². The van der Waals surface area contributed by atoms with E-state index >= 15 is 0 Å². The average Bonchev–Trinajstić information content (AvgIpc) is 1.46. The monoisotopic (exact) mass is 288 g/mol. The third kappa shape index (κ3) is 491. The molecule has 0 atom stereocenters. The van der Waals surface area contributed by atoms with Crippen LogP contribution in [-0.2, 0) is 26.9 Å². The van der Waals surface area contributed by atoms with Gasteiger partial charge in [0.2, 0.25) is 0 Å². The van der Waals surface area contributed by atoms with Crippen LogP contribution in [0.15, 0.2) is 0 Å². The van der Waals surface area contributed by atoms with Crippen molar-refractivity contribution in [3.63, 3.8) is 0 Å². The Bertz CT molecular complexity index is 27.5. The molecule has 0 saturated heterocycles. The molecule has 0 aliphatic heterocycles. The van der Waals surface area contributed by atoms with Gasteiger partial charge in [-0.05, 0) is 0 Å². The second-order valence-corrected chi connectivity index (χ2v) is 0.144. The van der Waals surface area contributed by atoms with Crippen LogP contribution in [0.5, 0.6) is 0 Å². The topological polar surface area (TPSA) is 66.9 Å². The summed E-state index contributed by atoms with van der Waals surface area (Å²) in [5.74, 6) is 0. The molecule has 3 nitrogen and oxygen atoms in total. The Labute approximate surface area is 53.9 Å². The zero-order chi connectivity index (χ0) is 4.71. The SMILES string of the molecule is N=[C-]N.O=P.[Au+]. The number of nitrogens with two attached hydrogens (primary N) is 1. The zero-order valence-electron chi connectivity index (χ0n) is 2.79. The van der Waals surface area contributed by atoms with Crippen LogP contribution in [0.1, 0.15) is 0 Å². The van der Waals surface area contributed by atoms with Crippen LogP contribution in [-0.4, -0.2) is 6.34 Å². The number of nitrogens with one attached hydrogen (secondary N) is 1. The normalized spacial score (nSPS) is 2.67. The Balaban J connectivity index is -0.0000000275. The van der Waals surface area contributed by atoms with Crippen molar-refractivity contribution in [2.75, 3.05) is 0 Å². The van der Waals surface area contributed by atoms with Gasteiger partial charge in [0, 0.05) is 0 Å². The van der Waals surface area contributed by atoms with Gasteiger partial charge in [0.15, 0.2) is 0 Å². The van der Waals surface area contributed by atoms with E-state index in [-0.39, 0.29) is 22.4 Å². The molecule has 0 aromatic carbocycles. The Kier molecular flexibility index (Phi) is 156. The third-order valence-corrected chi connectivity index (χ3v) is 0. The first-order chi connectivity index (χ1) is 2.41. The minimum absolute atomic E-state index is 0. The summed E-state index contributed by atoms with van der Waals surface area (Å²) >= 11 is 0. The first kappa shape index (κ1) is 16.2. The maximum absolute atomic E-state index is 8.06. The van der Waals surface area contributed by atoms with Gasteiger partial charge in [0.05, 0.1) is 0 Å². The Morgan fingerprint density at radius 2 is 1.67 bits per heavy atom. The van der Waals surface area contributed by atoms with E-state index in [1.54, 1.807) is 9.12 Å². The van der Waals surface area contributed by atoms with E-state index in [4.69, 9.17) is 9.97 Å². The minimum Gasteiger partial charge on any atom is -0.563 e. The number of hydrogen-bond acceptors (Lipinski definition) is 2. The fraction of sp³-hybridized carbons (Fsp3) is 0. The fourth-order valence-corrected chi connectivity index (χ4v) is 0. The average molecular weight is 288 g/mol. The maximum Gasteiger partial charge on any atom is 1.00 e. The van der Waals surface area contributed by atoms with Crippen LogP contribution in [0, 0.1) is 5.41 Å². The van der Waals surface area contributed by atoms with Crippen molar-refractivity contribution in [3.05, 3.63) is 0 Å². The van der Waals surface area contributed by atoms with E-state index in [0.717, 1.165) is 0 Å². The van der Waals surface area contributed by atoms with Gasteiger partial charge in [0.1, 0.15) is 9.12 Å². The molecule has 0 radical (unpaired) electrons. The van der Waals surface area contributed by atoms with Crippen LogP contribution in [0.3, 0.4) is 0 Å². The Morgan fingerprint density at radius 3 is 1.67 bits per heavy atom. The van der Waals surface area contributed by atoms with Crippen LogP contribution < -0.4 is 5.73 Å². The number of rotatable bonds is 0.